The summed E-state index contributed by atoms with van der Waals surface area (Å²) in [6, 6.07) is 0. The van der Waals surface area contributed by atoms with Gasteiger partial charge in [0.25, 0.3) is 0 Å². The van der Waals surface area contributed by atoms with Gasteiger partial charge >= 0.3 is 0 Å². The number of nitrogens with zero attached hydrogens (tertiary/aromatic N) is 1. The summed E-state index contributed by atoms with van der Waals surface area (Å²) in [5, 5.41) is 3.81. The van der Waals surface area contributed by atoms with Crippen molar-refractivity contribution in [2.45, 2.75) is 45.1 Å². The Bertz CT molecular complexity index is 699. The van der Waals surface area contributed by atoms with Gasteiger partial charge in [0, 0.05) is 22.6 Å². The summed E-state index contributed by atoms with van der Waals surface area (Å²) in [6.45, 7) is 8.04. The maximum atomic E-state index is 12.0. The molecule has 2 heterocycles. The topological polar surface area (TPSA) is 76.1 Å². The fourth-order valence-electron chi connectivity index (χ4n) is 2.32. The Morgan fingerprint density at radius 3 is 2.64 bits per heavy atom. The lowest BCUT2D eigenvalue weighted by atomic mass is 9.98. The average molecular weight is 342 g/mol. The molecule has 0 unspecified atom stereocenters. The number of sulfone groups is 1. The number of hydrogen-bond acceptors (Lipinski definition) is 5. The van der Waals surface area contributed by atoms with E-state index in [1.165, 1.54) is 6.08 Å². The molecule has 1 aliphatic rings. The van der Waals surface area contributed by atoms with Crippen molar-refractivity contribution in [3.05, 3.63) is 22.2 Å². The highest BCUT2D eigenvalue weighted by Crippen LogP contribution is 2.27. The number of amides is 1. The Kier molecular flexibility index (Phi) is 4.50. The van der Waals surface area contributed by atoms with Gasteiger partial charge in [0.05, 0.1) is 22.1 Å². The van der Waals surface area contributed by atoms with Crippen molar-refractivity contribution in [1.29, 1.82) is 0 Å². The van der Waals surface area contributed by atoms with Gasteiger partial charge in [-0.3, -0.25) is 4.79 Å². The van der Waals surface area contributed by atoms with Crippen molar-refractivity contribution in [2.75, 3.05) is 11.5 Å². The highest BCUT2D eigenvalue weighted by molar-refractivity contribution is 7.91. The van der Waals surface area contributed by atoms with Crippen molar-refractivity contribution in [2.24, 2.45) is 0 Å². The minimum Gasteiger partial charge on any atom is -0.346 e. The Hall–Kier alpha value is -1.21. The molecule has 1 amide bonds. The smallest absolute Gasteiger partial charge is 0.244 e. The van der Waals surface area contributed by atoms with E-state index >= 15 is 0 Å². The Morgan fingerprint density at radius 2 is 2.14 bits per heavy atom. The molecule has 0 saturated carbocycles. The van der Waals surface area contributed by atoms with Crippen LogP contribution in [0, 0.1) is 0 Å². The third kappa shape index (κ3) is 4.39. The number of rotatable bonds is 3. The largest absolute Gasteiger partial charge is 0.346 e. The molecule has 0 aromatic carbocycles. The second-order valence-electron chi connectivity index (χ2n) is 7.04. The first-order chi connectivity index (χ1) is 9.99. The number of thiazole rings is 1. The Morgan fingerprint density at radius 1 is 1.45 bits per heavy atom. The normalized spacial score (nSPS) is 24.7. The maximum Gasteiger partial charge on any atom is 0.244 e. The second kappa shape index (κ2) is 5.77. The van der Waals surface area contributed by atoms with Crippen LogP contribution in [0.4, 0.5) is 0 Å². The van der Waals surface area contributed by atoms with E-state index in [2.05, 4.69) is 31.1 Å². The summed E-state index contributed by atoms with van der Waals surface area (Å²) in [6.07, 6.45) is 5.37. The van der Waals surface area contributed by atoms with Gasteiger partial charge in [-0.1, -0.05) is 20.8 Å². The van der Waals surface area contributed by atoms with Gasteiger partial charge in [-0.25, -0.2) is 13.4 Å². The molecule has 1 N–H and O–H groups in total. The van der Waals surface area contributed by atoms with Gasteiger partial charge in [-0.2, -0.15) is 0 Å². The van der Waals surface area contributed by atoms with Crippen LogP contribution in [0.1, 0.15) is 44.0 Å². The number of carbonyl (C=O) groups is 1. The fourth-order valence-corrected chi connectivity index (χ4v) is 5.29. The lowest BCUT2D eigenvalue weighted by molar-refractivity contribution is -0.117. The quantitative estimate of drug-likeness (QED) is 0.854. The third-order valence-electron chi connectivity index (χ3n) is 3.49. The van der Waals surface area contributed by atoms with Crippen molar-refractivity contribution in [3.8, 4) is 0 Å². The molecule has 1 atom stereocenters. The van der Waals surface area contributed by atoms with Gasteiger partial charge in [-0.15, -0.1) is 11.3 Å². The molecule has 7 heteroatoms. The lowest BCUT2D eigenvalue weighted by Crippen LogP contribution is -2.46. The molecular weight excluding hydrogens is 320 g/mol. The average Bonchev–Trinajstić information content (AvgIpc) is 2.91. The summed E-state index contributed by atoms with van der Waals surface area (Å²) < 4.78 is 23.1. The van der Waals surface area contributed by atoms with Crippen LogP contribution in [0.2, 0.25) is 0 Å². The van der Waals surface area contributed by atoms with Crippen LogP contribution in [0.5, 0.6) is 0 Å². The molecule has 1 aromatic rings. The van der Waals surface area contributed by atoms with Gasteiger partial charge in [0.15, 0.2) is 9.84 Å². The molecule has 5 nitrogen and oxygen atoms in total. The van der Waals surface area contributed by atoms with Crippen LogP contribution in [-0.2, 0) is 20.0 Å². The molecule has 1 aromatic heterocycles. The van der Waals surface area contributed by atoms with Gasteiger partial charge in [0.2, 0.25) is 5.91 Å². The van der Waals surface area contributed by atoms with Crippen molar-refractivity contribution in [3.63, 3.8) is 0 Å². The summed E-state index contributed by atoms with van der Waals surface area (Å²) in [5.74, 6) is -0.128. The van der Waals surface area contributed by atoms with Gasteiger partial charge in [-0.05, 0) is 19.4 Å². The van der Waals surface area contributed by atoms with E-state index < -0.39 is 15.4 Å². The van der Waals surface area contributed by atoms with Crippen LogP contribution >= 0.6 is 11.3 Å². The van der Waals surface area contributed by atoms with Crippen molar-refractivity contribution < 1.29 is 13.2 Å². The molecule has 0 aliphatic carbocycles. The first kappa shape index (κ1) is 17.1. The van der Waals surface area contributed by atoms with E-state index in [1.54, 1.807) is 30.5 Å². The van der Waals surface area contributed by atoms with Crippen LogP contribution in [0.3, 0.4) is 0 Å². The molecule has 122 valence electrons. The lowest BCUT2D eigenvalue weighted by Gasteiger charge is -2.22. The standard InChI is InChI=1S/C15H22N2O3S2/c1-14(2,3)13-16-9-11(21-13)5-6-12(18)17-15(4)7-8-22(19,20)10-15/h5-6,9H,7-8,10H2,1-4H3,(H,17,18)/b6-5-/t15-/m0/s1. The first-order valence-corrected chi connectivity index (χ1v) is 9.80. The summed E-state index contributed by atoms with van der Waals surface area (Å²) in [7, 11) is -3.03. The van der Waals surface area contributed by atoms with Gasteiger partial charge < -0.3 is 5.32 Å². The van der Waals surface area contributed by atoms with Crippen LogP contribution in [0.25, 0.3) is 6.08 Å². The molecule has 1 fully saturated rings. The molecule has 22 heavy (non-hydrogen) atoms. The molecule has 0 bridgehead atoms. The highest BCUT2D eigenvalue weighted by atomic mass is 32.2. The monoisotopic (exact) mass is 342 g/mol. The minimum atomic E-state index is -3.03. The SMILES string of the molecule is CC(C)(C)c1ncc(/C=C\C(=O)N[C@@]2(C)CCS(=O)(=O)C2)s1. The molecular formula is C15H22N2O3S2. The van der Waals surface area contributed by atoms with E-state index in [0.717, 1.165) is 9.88 Å². The zero-order chi connectivity index (χ0) is 16.6. The van der Waals surface area contributed by atoms with E-state index in [-0.39, 0.29) is 22.8 Å². The zero-order valence-corrected chi connectivity index (χ0v) is 15.0. The van der Waals surface area contributed by atoms with Crippen molar-refractivity contribution >= 4 is 33.2 Å². The van der Waals surface area contributed by atoms with Crippen LogP contribution in [-0.4, -0.2) is 36.4 Å². The van der Waals surface area contributed by atoms with Crippen LogP contribution in [0.15, 0.2) is 12.3 Å². The molecule has 0 radical (unpaired) electrons. The molecule has 1 aliphatic heterocycles. The number of aromatic nitrogens is 1. The summed E-state index contributed by atoms with van der Waals surface area (Å²) in [5.41, 5.74) is -0.671. The predicted molar refractivity (Wildman–Crippen MR) is 89.7 cm³/mol. The minimum absolute atomic E-state index is 0.00824. The number of carbonyl (C=O) groups excluding carboxylic acids is 1. The van der Waals surface area contributed by atoms with Gasteiger partial charge in [0.1, 0.15) is 0 Å². The highest BCUT2D eigenvalue weighted by Gasteiger charge is 2.39. The maximum absolute atomic E-state index is 12.0. The van der Waals surface area contributed by atoms with Crippen LogP contribution < -0.4 is 5.32 Å². The van der Waals surface area contributed by atoms with E-state index in [4.69, 9.17) is 0 Å². The summed E-state index contributed by atoms with van der Waals surface area (Å²) >= 11 is 1.55. The summed E-state index contributed by atoms with van der Waals surface area (Å²) in [4.78, 5) is 17.2. The second-order valence-corrected chi connectivity index (χ2v) is 10.3. The van der Waals surface area contributed by atoms with E-state index in [9.17, 15) is 13.2 Å². The molecule has 0 spiro atoms. The Labute approximate surface area is 135 Å². The van der Waals surface area contributed by atoms with Crippen molar-refractivity contribution in [1.82, 2.24) is 10.3 Å². The first-order valence-electron chi connectivity index (χ1n) is 7.16. The Balaban J connectivity index is 1.99. The van der Waals surface area contributed by atoms with E-state index in [0.29, 0.717) is 6.42 Å². The molecule has 2 rings (SSSR count). The predicted octanol–water partition coefficient (Wildman–Crippen LogP) is 2.15. The van der Waals surface area contributed by atoms with E-state index in [1.807, 2.05) is 0 Å². The fraction of sp³-hybridized carbons (Fsp3) is 0.600. The molecule has 1 saturated heterocycles. The zero-order valence-electron chi connectivity index (χ0n) is 13.3. The third-order valence-corrected chi connectivity index (χ3v) is 6.78. The number of nitrogens with one attached hydrogen (secondary N) is 1. The number of hydrogen-bond donors (Lipinski definition) is 1.